The van der Waals surface area contributed by atoms with Crippen LogP contribution in [0.1, 0.15) is 25.0 Å². The van der Waals surface area contributed by atoms with E-state index in [1.165, 1.54) is 37.0 Å². The Balaban J connectivity index is 1.12. The normalized spacial score (nSPS) is 13.0. The number of nitrogens with zero attached hydrogens (tertiary/aromatic N) is 5. The van der Waals surface area contributed by atoms with Crippen molar-refractivity contribution in [2.45, 2.75) is 19.3 Å². The minimum absolute atomic E-state index is 0.334. The number of furan rings is 1. The highest BCUT2D eigenvalue weighted by atomic mass is 32.1. The molecule has 0 bridgehead atoms. The van der Waals surface area contributed by atoms with Crippen molar-refractivity contribution in [3.63, 3.8) is 0 Å². The van der Waals surface area contributed by atoms with Crippen molar-refractivity contribution < 1.29 is 4.42 Å². The molecule has 0 atom stereocenters. The van der Waals surface area contributed by atoms with Crippen LogP contribution in [0.5, 0.6) is 0 Å². The van der Waals surface area contributed by atoms with E-state index < -0.39 is 0 Å². The third kappa shape index (κ3) is 5.58. The van der Waals surface area contributed by atoms with Crippen molar-refractivity contribution in [2.75, 3.05) is 4.90 Å². The van der Waals surface area contributed by atoms with Crippen LogP contribution < -0.4 is 4.90 Å². The maximum absolute atomic E-state index is 6.34. The third-order valence-corrected chi connectivity index (χ3v) is 15.0. The summed E-state index contributed by atoms with van der Waals surface area (Å²) in [6.45, 7) is 4.69. The van der Waals surface area contributed by atoms with Crippen LogP contribution >= 0.6 is 11.3 Å². The lowest BCUT2D eigenvalue weighted by Gasteiger charge is -2.31. The van der Waals surface area contributed by atoms with E-state index in [0.717, 1.165) is 77.3 Å². The minimum Gasteiger partial charge on any atom is -0.456 e. The molecule has 14 rings (SSSR count). The molecule has 7 heteroatoms. The fourth-order valence-corrected chi connectivity index (χ4v) is 12.0. The van der Waals surface area contributed by atoms with E-state index in [1.54, 1.807) is 0 Å². The summed E-state index contributed by atoms with van der Waals surface area (Å²) in [5.41, 5.74) is 13.3. The van der Waals surface area contributed by atoms with E-state index in [9.17, 15) is 0 Å². The summed E-state index contributed by atoms with van der Waals surface area (Å²) >= 11 is 1.81. The summed E-state index contributed by atoms with van der Waals surface area (Å²) in [4.78, 5) is 19.2. The zero-order valence-corrected chi connectivity index (χ0v) is 37.4. The van der Waals surface area contributed by atoms with Gasteiger partial charge >= 0.3 is 0 Å². The lowest BCUT2D eigenvalue weighted by Crippen LogP contribution is -2.22. The topological polar surface area (TPSA) is 60.0 Å². The van der Waals surface area contributed by atoms with Crippen molar-refractivity contribution in [2.24, 2.45) is 0 Å². The molecule has 9 aromatic carbocycles. The smallest absolute Gasteiger partial charge is 0.238 e. The zero-order valence-electron chi connectivity index (χ0n) is 36.6. The molecule has 4 heterocycles. The van der Waals surface area contributed by atoms with E-state index in [-0.39, 0.29) is 5.41 Å². The predicted octanol–water partition coefficient (Wildman–Crippen LogP) is 16.3. The molecule has 13 aromatic rings. The van der Waals surface area contributed by atoms with E-state index >= 15 is 0 Å². The molecule has 0 N–H and O–H groups in total. The maximum Gasteiger partial charge on any atom is 0.238 e. The molecule has 316 valence electrons. The van der Waals surface area contributed by atoms with Crippen molar-refractivity contribution in [1.29, 1.82) is 0 Å². The Morgan fingerprint density at radius 3 is 2.06 bits per heavy atom. The van der Waals surface area contributed by atoms with Gasteiger partial charge in [-0.25, -0.2) is 4.98 Å². The quantitative estimate of drug-likeness (QED) is 0.167. The molecule has 1 aliphatic rings. The number of rotatable bonds is 6. The summed E-state index contributed by atoms with van der Waals surface area (Å²) in [6.07, 6.45) is 0. The van der Waals surface area contributed by atoms with Crippen molar-refractivity contribution in [1.82, 2.24) is 19.5 Å². The van der Waals surface area contributed by atoms with Crippen LogP contribution in [0, 0.1) is 0 Å². The molecular weight excluding hydrogens is 839 g/mol. The summed E-state index contributed by atoms with van der Waals surface area (Å²) < 4.78 is 11.1. The number of anilines is 3. The summed E-state index contributed by atoms with van der Waals surface area (Å²) in [5.74, 6) is 1.67. The molecule has 0 saturated carbocycles. The molecule has 1 aliphatic carbocycles. The third-order valence-electron chi connectivity index (χ3n) is 13.8. The second-order valence-corrected chi connectivity index (χ2v) is 19.0. The summed E-state index contributed by atoms with van der Waals surface area (Å²) in [7, 11) is 0. The average Bonchev–Trinajstić information content (AvgIpc) is 4.11. The predicted molar refractivity (Wildman–Crippen MR) is 277 cm³/mol. The van der Waals surface area contributed by atoms with Crippen LogP contribution in [-0.2, 0) is 5.41 Å². The number of hydrogen-bond donors (Lipinski definition) is 0. The highest BCUT2D eigenvalue weighted by molar-refractivity contribution is 7.26. The Labute approximate surface area is 389 Å². The largest absolute Gasteiger partial charge is 0.456 e. The Hall–Kier alpha value is -8.39. The first kappa shape index (κ1) is 37.9. The summed E-state index contributed by atoms with van der Waals surface area (Å²) in [6, 6.07) is 71.1. The Kier molecular flexibility index (Phi) is 8.10. The van der Waals surface area contributed by atoms with Gasteiger partial charge in [-0.2, -0.15) is 9.97 Å². The van der Waals surface area contributed by atoms with Gasteiger partial charge in [-0.05, 0) is 95.1 Å². The van der Waals surface area contributed by atoms with Crippen LogP contribution in [0.3, 0.4) is 0 Å². The maximum atomic E-state index is 6.34. The molecule has 0 unspecified atom stereocenters. The molecule has 67 heavy (non-hydrogen) atoms. The van der Waals surface area contributed by atoms with Gasteiger partial charge in [0.2, 0.25) is 5.95 Å². The van der Waals surface area contributed by atoms with Crippen LogP contribution in [0.4, 0.5) is 17.3 Å². The Bertz CT molecular complexity index is 4160. The first-order chi connectivity index (χ1) is 33.0. The highest BCUT2D eigenvalue weighted by Gasteiger charge is 2.39. The van der Waals surface area contributed by atoms with Gasteiger partial charge < -0.3 is 8.98 Å². The number of hydrogen-bond acceptors (Lipinski definition) is 6. The first-order valence-electron chi connectivity index (χ1n) is 22.7. The van der Waals surface area contributed by atoms with E-state index in [1.807, 2.05) is 29.5 Å². The molecule has 0 spiro atoms. The van der Waals surface area contributed by atoms with E-state index in [2.05, 4.69) is 205 Å². The van der Waals surface area contributed by atoms with Crippen molar-refractivity contribution >= 4 is 92.6 Å². The van der Waals surface area contributed by atoms with E-state index in [4.69, 9.17) is 19.4 Å². The zero-order chi connectivity index (χ0) is 44.4. The second kappa shape index (κ2) is 14.3. The van der Waals surface area contributed by atoms with Gasteiger partial charge in [0.25, 0.3) is 0 Å². The number of fused-ring (bicyclic) bond motifs is 12. The Morgan fingerprint density at radius 1 is 0.493 bits per heavy atom. The van der Waals surface area contributed by atoms with Gasteiger partial charge in [0.1, 0.15) is 11.2 Å². The minimum atomic E-state index is -0.334. The van der Waals surface area contributed by atoms with Crippen LogP contribution in [-0.4, -0.2) is 19.5 Å². The van der Waals surface area contributed by atoms with Crippen molar-refractivity contribution in [3.05, 3.63) is 211 Å². The number of benzene rings is 9. The molecular formula is C60H39N5OS. The second-order valence-electron chi connectivity index (χ2n) is 17.9. The standard InChI is InChI=1S/C60H39N5OS/c1-60(2)46-26-10-6-19-38(46)41-23-15-29-49(55(41)60)65(48-28-16-32-53-54(48)43-22-9-13-31-52(43)67-53)59-62-57(36-33-34-51-45(35-36)40-21-8-12-30-50(40)66-51)61-58(63-59)44-25-14-24-42-39-20-7-11-27-47(39)64(56(42)44)37-17-4-3-5-18-37/h3-35H,1-2H3. The number of thiophene rings is 1. The van der Waals surface area contributed by atoms with Crippen LogP contribution in [0.25, 0.3) is 104 Å². The number of para-hydroxylation sites is 4. The fourth-order valence-electron chi connectivity index (χ4n) is 10.9. The lowest BCUT2D eigenvalue weighted by molar-refractivity contribution is 0.660. The molecule has 4 aromatic heterocycles. The van der Waals surface area contributed by atoms with Crippen LogP contribution in [0.2, 0.25) is 0 Å². The van der Waals surface area contributed by atoms with Gasteiger partial charge in [0, 0.05) is 63.9 Å². The van der Waals surface area contributed by atoms with Gasteiger partial charge in [-0.15, -0.1) is 11.3 Å². The highest BCUT2D eigenvalue weighted by Crippen LogP contribution is 2.55. The molecule has 0 saturated heterocycles. The lowest BCUT2D eigenvalue weighted by atomic mass is 9.81. The van der Waals surface area contributed by atoms with Gasteiger partial charge in [0.05, 0.1) is 22.4 Å². The molecule has 0 radical (unpaired) electrons. The SMILES string of the molecule is CC1(C)c2ccccc2-c2cccc(N(c3nc(-c4ccc5oc6ccccc6c5c4)nc(-c4cccc5c6ccccc6n(-c6ccccc6)c45)n3)c3cccc4sc5ccccc5c34)c21. The van der Waals surface area contributed by atoms with Gasteiger partial charge in [-0.1, -0.05) is 141 Å². The monoisotopic (exact) mass is 877 g/mol. The molecule has 0 aliphatic heterocycles. The van der Waals surface area contributed by atoms with Gasteiger partial charge in [0.15, 0.2) is 11.6 Å². The van der Waals surface area contributed by atoms with Crippen molar-refractivity contribution in [3.8, 4) is 39.6 Å². The van der Waals surface area contributed by atoms with Gasteiger partial charge in [-0.3, -0.25) is 4.90 Å². The molecule has 6 nitrogen and oxygen atoms in total. The Morgan fingerprint density at radius 2 is 1.15 bits per heavy atom. The van der Waals surface area contributed by atoms with Crippen LogP contribution in [0.15, 0.2) is 205 Å². The molecule has 0 fully saturated rings. The number of aromatic nitrogens is 4. The first-order valence-corrected chi connectivity index (χ1v) is 23.5. The fraction of sp³-hybridized carbons (Fsp3) is 0.0500. The molecule has 0 amide bonds. The summed E-state index contributed by atoms with van der Waals surface area (Å²) in [5, 5.41) is 6.70. The average molecular weight is 878 g/mol. The van der Waals surface area contributed by atoms with E-state index in [0.29, 0.717) is 17.6 Å².